The zero-order valence-corrected chi connectivity index (χ0v) is 13.7. The predicted octanol–water partition coefficient (Wildman–Crippen LogP) is 1.98. The van der Waals surface area contributed by atoms with Crippen LogP contribution in [0.5, 0.6) is 11.5 Å². The summed E-state index contributed by atoms with van der Waals surface area (Å²) in [7, 11) is 2.79. The maximum atomic E-state index is 11.9. The van der Waals surface area contributed by atoms with Crippen LogP contribution >= 0.6 is 11.8 Å². The minimum absolute atomic E-state index is 0.0615. The average Bonchev–Trinajstić information content (AvgIpc) is 2.86. The number of nitrogens with zero attached hydrogens (tertiary/aromatic N) is 1. The molecule has 1 fully saturated rings. The second kappa shape index (κ2) is 7.19. The van der Waals surface area contributed by atoms with E-state index in [4.69, 9.17) is 9.47 Å². The van der Waals surface area contributed by atoms with Crippen LogP contribution in [0.3, 0.4) is 0 Å². The molecule has 122 valence electrons. The van der Waals surface area contributed by atoms with Crippen molar-refractivity contribution in [2.75, 3.05) is 20.8 Å². The van der Waals surface area contributed by atoms with E-state index in [1.807, 2.05) is 6.92 Å². The molecule has 7 nitrogen and oxygen atoms in total. The van der Waals surface area contributed by atoms with Crippen LogP contribution in [0.15, 0.2) is 22.0 Å². The molecular weight excluding hydrogens is 320 g/mol. The number of carbonyl (C=O) groups is 2. The number of methoxy groups -OCH3 is 2. The Kier molecular flexibility index (Phi) is 5.28. The molecule has 23 heavy (non-hydrogen) atoms. The lowest BCUT2D eigenvalue weighted by molar-refractivity contribution is -0.115. The molecule has 1 aromatic rings. The highest BCUT2D eigenvalue weighted by Gasteiger charge is 2.26. The summed E-state index contributed by atoms with van der Waals surface area (Å²) in [5.41, 5.74) is 0.291. The Bertz CT molecular complexity index is 712. The number of aromatic carboxylic acids is 1. The maximum absolute atomic E-state index is 11.9. The van der Waals surface area contributed by atoms with Gasteiger partial charge in [-0.3, -0.25) is 9.79 Å². The lowest BCUT2D eigenvalue weighted by Gasteiger charge is -2.12. The highest BCUT2D eigenvalue weighted by Crippen LogP contribution is 2.36. The van der Waals surface area contributed by atoms with Crippen molar-refractivity contribution in [1.29, 1.82) is 0 Å². The van der Waals surface area contributed by atoms with Gasteiger partial charge in [-0.1, -0.05) is 6.07 Å². The molecular formula is C15H16N2O5S. The van der Waals surface area contributed by atoms with Gasteiger partial charge in [-0.25, -0.2) is 4.79 Å². The Morgan fingerprint density at radius 3 is 2.70 bits per heavy atom. The number of carbonyl (C=O) groups excluding carboxylic acids is 1. The SMILES string of the molecule is CCN=C1NC(=O)/C(=C/c2ccc(OC)c(OC)c2C(=O)O)S1. The fourth-order valence-corrected chi connectivity index (χ4v) is 2.94. The minimum atomic E-state index is -1.17. The van der Waals surface area contributed by atoms with Crippen LogP contribution in [0.4, 0.5) is 0 Å². The third kappa shape index (κ3) is 3.48. The van der Waals surface area contributed by atoms with E-state index in [1.165, 1.54) is 32.1 Å². The number of nitrogens with one attached hydrogen (secondary N) is 1. The average molecular weight is 336 g/mol. The van der Waals surface area contributed by atoms with Gasteiger partial charge in [0.2, 0.25) is 0 Å². The van der Waals surface area contributed by atoms with E-state index in [2.05, 4.69) is 10.3 Å². The van der Waals surface area contributed by atoms with E-state index in [0.717, 1.165) is 0 Å². The number of hydrogen-bond acceptors (Lipinski definition) is 6. The van der Waals surface area contributed by atoms with Crippen LogP contribution in [0, 0.1) is 0 Å². The normalized spacial score (nSPS) is 17.4. The number of amidine groups is 1. The second-order valence-electron chi connectivity index (χ2n) is 4.41. The molecule has 0 spiro atoms. The highest BCUT2D eigenvalue weighted by atomic mass is 32.2. The van der Waals surface area contributed by atoms with Crippen LogP contribution in [-0.4, -0.2) is 42.9 Å². The molecule has 1 saturated heterocycles. The van der Waals surface area contributed by atoms with Crippen molar-refractivity contribution in [3.63, 3.8) is 0 Å². The van der Waals surface area contributed by atoms with Gasteiger partial charge in [0.05, 0.1) is 19.1 Å². The molecule has 8 heteroatoms. The van der Waals surface area contributed by atoms with Crippen molar-refractivity contribution >= 4 is 34.9 Å². The van der Waals surface area contributed by atoms with Crippen molar-refractivity contribution in [3.8, 4) is 11.5 Å². The summed E-state index contributed by atoms with van der Waals surface area (Å²) in [6, 6.07) is 3.16. The van der Waals surface area contributed by atoms with Crippen molar-refractivity contribution < 1.29 is 24.2 Å². The third-order valence-corrected chi connectivity index (χ3v) is 3.98. The summed E-state index contributed by atoms with van der Waals surface area (Å²) >= 11 is 1.17. The Balaban J connectivity index is 2.52. The molecule has 2 rings (SSSR count). The number of thioether (sulfide) groups is 1. The number of amides is 1. The van der Waals surface area contributed by atoms with E-state index >= 15 is 0 Å². The first-order valence-electron chi connectivity index (χ1n) is 6.75. The van der Waals surface area contributed by atoms with Crippen LogP contribution in [0.25, 0.3) is 6.08 Å². The van der Waals surface area contributed by atoms with Gasteiger partial charge in [-0.15, -0.1) is 0 Å². The summed E-state index contributed by atoms with van der Waals surface area (Å²) in [6.07, 6.45) is 1.50. The molecule has 1 aliphatic rings. The van der Waals surface area contributed by atoms with Gasteiger partial charge in [0.25, 0.3) is 5.91 Å². The first-order chi connectivity index (χ1) is 11.0. The molecule has 0 atom stereocenters. The van der Waals surface area contributed by atoms with E-state index in [0.29, 0.717) is 27.9 Å². The topological polar surface area (TPSA) is 97.2 Å². The number of benzene rings is 1. The smallest absolute Gasteiger partial charge is 0.340 e. The summed E-state index contributed by atoms with van der Waals surface area (Å²) in [5, 5.41) is 12.6. The van der Waals surface area contributed by atoms with Crippen LogP contribution < -0.4 is 14.8 Å². The molecule has 0 aliphatic carbocycles. The van der Waals surface area contributed by atoms with Gasteiger partial charge in [0, 0.05) is 6.54 Å². The molecule has 0 aromatic heterocycles. The second-order valence-corrected chi connectivity index (χ2v) is 5.45. The van der Waals surface area contributed by atoms with Crippen molar-refractivity contribution in [2.45, 2.75) is 6.92 Å². The third-order valence-electron chi connectivity index (χ3n) is 3.03. The van der Waals surface area contributed by atoms with E-state index in [9.17, 15) is 14.7 Å². The Morgan fingerprint density at radius 1 is 1.39 bits per heavy atom. The molecule has 1 aliphatic heterocycles. The lowest BCUT2D eigenvalue weighted by Crippen LogP contribution is -2.19. The van der Waals surface area contributed by atoms with E-state index in [-0.39, 0.29) is 17.2 Å². The van der Waals surface area contributed by atoms with Gasteiger partial charge in [0.15, 0.2) is 16.7 Å². The number of aliphatic imine (C=N–C) groups is 1. The van der Waals surface area contributed by atoms with Gasteiger partial charge >= 0.3 is 5.97 Å². The standard InChI is InChI=1S/C15H16N2O5S/c1-4-16-15-17-13(18)10(23-15)7-8-5-6-9(21-2)12(22-3)11(8)14(19)20/h5-7H,4H2,1-3H3,(H,19,20)(H,16,17,18)/b10-7-. The van der Waals surface area contributed by atoms with Gasteiger partial charge in [-0.2, -0.15) is 0 Å². The van der Waals surface area contributed by atoms with Gasteiger partial charge in [-0.05, 0) is 36.4 Å². The lowest BCUT2D eigenvalue weighted by atomic mass is 10.0. The maximum Gasteiger partial charge on any atom is 0.340 e. The van der Waals surface area contributed by atoms with Gasteiger partial charge in [0.1, 0.15) is 5.56 Å². The monoisotopic (exact) mass is 336 g/mol. The first kappa shape index (κ1) is 16.9. The minimum Gasteiger partial charge on any atom is -0.493 e. The summed E-state index contributed by atoms with van der Waals surface area (Å²) in [4.78, 5) is 28.0. The molecule has 0 bridgehead atoms. The van der Waals surface area contributed by atoms with Crippen LogP contribution in [0.2, 0.25) is 0 Å². The van der Waals surface area contributed by atoms with E-state index < -0.39 is 5.97 Å². The number of carboxylic acids is 1. The Morgan fingerprint density at radius 2 is 2.13 bits per heavy atom. The van der Waals surface area contributed by atoms with Gasteiger partial charge < -0.3 is 19.9 Å². The molecule has 2 N–H and O–H groups in total. The Labute approximate surface area is 137 Å². The molecule has 0 unspecified atom stereocenters. The molecule has 0 radical (unpaired) electrons. The van der Waals surface area contributed by atoms with Crippen LogP contribution in [0.1, 0.15) is 22.8 Å². The number of ether oxygens (including phenoxy) is 2. The zero-order chi connectivity index (χ0) is 17.0. The summed E-state index contributed by atoms with van der Waals surface area (Å²) < 4.78 is 10.3. The first-order valence-corrected chi connectivity index (χ1v) is 7.57. The zero-order valence-electron chi connectivity index (χ0n) is 12.9. The quantitative estimate of drug-likeness (QED) is 0.798. The summed E-state index contributed by atoms with van der Waals surface area (Å²) in [6.45, 7) is 2.41. The fraction of sp³-hybridized carbons (Fsp3) is 0.267. The summed E-state index contributed by atoms with van der Waals surface area (Å²) in [5.74, 6) is -1.06. The largest absolute Gasteiger partial charge is 0.493 e. The molecule has 1 amide bonds. The molecule has 1 heterocycles. The Hall–Kier alpha value is -2.48. The van der Waals surface area contributed by atoms with Crippen LogP contribution in [-0.2, 0) is 4.79 Å². The number of rotatable bonds is 5. The van der Waals surface area contributed by atoms with E-state index in [1.54, 1.807) is 12.1 Å². The molecule has 0 saturated carbocycles. The molecule has 1 aromatic carbocycles. The fourth-order valence-electron chi connectivity index (χ4n) is 2.07. The van der Waals surface area contributed by atoms with Crippen molar-refractivity contribution in [3.05, 3.63) is 28.2 Å². The van der Waals surface area contributed by atoms with Crippen molar-refractivity contribution in [1.82, 2.24) is 5.32 Å². The highest BCUT2D eigenvalue weighted by molar-refractivity contribution is 8.18. The number of carboxylic acid groups (broad SMARTS) is 1. The predicted molar refractivity (Wildman–Crippen MR) is 88.2 cm³/mol. The van der Waals surface area contributed by atoms with Crippen molar-refractivity contribution in [2.24, 2.45) is 4.99 Å². The number of hydrogen-bond donors (Lipinski definition) is 2.